The van der Waals surface area contributed by atoms with Gasteiger partial charge >= 0.3 is 0 Å². The van der Waals surface area contributed by atoms with Crippen molar-refractivity contribution < 1.29 is 17.6 Å². The summed E-state index contributed by atoms with van der Waals surface area (Å²) >= 11 is 0. The fourth-order valence-electron chi connectivity index (χ4n) is 2.53. The van der Waals surface area contributed by atoms with Crippen molar-refractivity contribution >= 4 is 21.4 Å². The Morgan fingerprint density at radius 3 is 2.59 bits per heavy atom. The van der Waals surface area contributed by atoms with Crippen LogP contribution in [-0.2, 0) is 21.1 Å². The molecule has 0 saturated carbocycles. The zero-order valence-electron chi connectivity index (χ0n) is 15.1. The second-order valence-electron chi connectivity index (χ2n) is 6.33. The van der Waals surface area contributed by atoms with E-state index in [0.29, 0.717) is 23.8 Å². The Kier molecular flexibility index (Phi) is 5.41. The Balaban J connectivity index is 1.59. The Morgan fingerprint density at radius 2 is 1.89 bits per heavy atom. The normalized spacial score (nSPS) is 11.3. The molecule has 0 fully saturated rings. The zero-order chi connectivity index (χ0) is 19.4. The molecule has 0 spiro atoms. The van der Waals surface area contributed by atoms with Crippen LogP contribution in [-0.4, -0.2) is 25.6 Å². The number of nitrogens with one attached hydrogen (secondary N) is 1. The molecule has 0 saturated heterocycles. The molecule has 0 atom stereocenters. The van der Waals surface area contributed by atoms with Gasteiger partial charge in [0, 0.05) is 30.3 Å². The van der Waals surface area contributed by atoms with Gasteiger partial charge in [-0.15, -0.1) is 0 Å². The van der Waals surface area contributed by atoms with Gasteiger partial charge in [-0.25, -0.2) is 13.4 Å². The van der Waals surface area contributed by atoms with Crippen LogP contribution in [0.4, 0.5) is 5.69 Å². The highest BCUT2D eigenvalue weighted by Crippen LogP contribution is 2.21. The summed E-state index contributed by atoms with van der Waals surface area (Å²) in [5.74, 6) is 0.896. The SMILES string of the molecule is Cc1ccc(-c2cnc(CCC(=O)Nc3cccc(S(C)(=O)=O)c3)o2)cc1. The van der Waals surface area contributed by atoms with Crippen molar-refractivity contribution in [2.24, 2.45) is 0 Å². The molecule has 0 radical (unpaired) electrons. The fourth-order valence-corrected chi connectivity index (χ4v) is 3.19. The summed E-state index contributed by atoms with van der Waals surface area (Å²) < 4.78 is 28.9. The van der Waals surface area contributed by atoms with Crippen LogP contribution >= 0.6 is 0 Å². The van der Waals surface area contributed by atoms with Gasteiger partial charge in [-0.1, -0.05) is 35.9 Å². The summed E-state index contributed by atoms with van der Waals surface area (Å²) in [7, 11) is -3.32. The maximum atomic E-state index is 12.1. The molecule has 1 heterocycles. The third-order valence-corrected chi connectivity index (χ3v) is 5.11. The molecule has 140 valence electrons. The van der Waals surface area contributed by atoms with E-state index in [4.69, 9.17) is 4.42 Å². The average Bonchev–Trinajstić information content (AvgIpc) is 3.09. The van der Waals surface area contributed by atoms with Crippen molar-refractivity contribution in [1.29, 1.82) is 0 Å². The van der Waals surface area contributed by atoms with Gasteiger partial charge in [-0.2, -0.15) is 0 Å². The van der Waals surface area contributed by atoms with E-state index in [1.807, 2.05) is 31.2 Å². The van der Waals surface area contributed by atoms with Crippen LogP contribution < -0.4 is 5.32 Å². The number of carbonyl (C=O) groups is 1. The lowest BCUT2D eigenvalue weighted by molar-refractivity contribution is -0.116. The maximum Gasteiger partial charge on any atom is 0.224 e. The molecule has 0 bridgehead atoms. The number of aryl methyl sites for hydroxylation is 2. The lowest BCUT2D eigenvalue weighted by atomic mass is 10.1. The number of sulfone groups is 1. The molecule has 2 aromatic carbocycles. The summed E-state index contributed by atoms with van der Waals surface area (Å²) in [6.45, 7) is 2.01. The van der Waals surface area contributed by atoms with Gasteiger partial charge in [0.25, 0.3) is 0 Å². The zero-order valence-corrected chi connectivity index (χ0v) is 15.9. The van der Waals surface area contributed by atoms with Gasteiger partial charge in [0.05, 0.1) is 11.1 Å². The molecular weight excluding hydrogens is 364 g/mol. The highest BCUT2D eigenvalue weighted by Gasteiger charge is 2.11. The number of oxazole rings is 1. The van der Waals surface area contributed by atoms with E-state index < -0.39 is 9.84 Å². The number of hydrogen-bond acceptors (Lipinski definition) is 5. The van der Waals surface area contributed by atoms with Crippen molar-refractivity contribution in [3.8, 4) is 11.3 Å². The standard InChI is InChI=1S/C20H20N2O4S/c1-14-6-8-15(9-7-14)18-13-21-20(26-18)11-10-19(23)22-16-4-3-5-17(12-16)27(2,24)25/h3-9,12-13H,10-11H2,1-2H3,(H,22,23). The minimum Gasteiger partial charge on any atom is -0.441 e. The van der Waals surface area contributed by atoms with Crippen LogP contribution in [0.25, 0.3) is 11.3 Å². The summed E-state index contributed by atoms with van der Waals surface area (Å²) in [5.41, 5.74) is 2.53. The topological polar surface area (TPSA) is 89.3 Å². The number of carbonyl (C=O) groups excluding carboxylic acids is 1. The van der Waals surface area contributed by atoms with E-state index in [1.54, 1.807) is 18.3 Å². The first-order chi connectivity index (χ1) is 12.8. The number of amides is 1. The van der Waals surface area contributed by atoms with Crippen LogP contribution in [0.5, 0.6) is 0 Å². The lowest BCUT2D eigenvalue weighted by Gasteiger charge is -2.06. The van der Waals surface area contributed by atoms with Crippen LogP contribution in [0.1, 0.15) is 17.9 Å². The molecule has 0 aliphatic heterocycles. The molecule has 3 rings (SSSR count). The number of aromatic nitrogens is 1. The van der Waals surface area contributed by atoms with E-state index in [0.717, 1.165) is 17.4 Å². The maximum absolute atomic E-state index is 12.1. The smallest absolute Gasteiger partial charge is 0.224 e. The molecule has 0 unspecified atom stereocenters. The van der Waals surface area contributed by atoms with Crippen LogP contribution in [0.2, 0.25) is 0 Å². The molecule has 1 amide bonds. The molecule has 0 aliphatic carbocycles. The lowest BCUT2D eigenvalue weighted by Crippen LogP contribution is -2.12. The molecule has 7 heteroatoms. The van der Waals surface area contributed by atoms with E-state index in [9.17, 15) is 13.2 Å². The average molecular weight is 384 g/mol. The first-order valence-corrected chi connectivity index (χ1v) is 10.3. The minimum atomic E-state index is -3.32. The number of anilines is 1. The largest absolute Gasteiger partial charge is 0.441 e. The summed E-state index contributed by atoms with van der Waals surface area (Å²) in [5, 5.41) is 2.70. The monoisotopic (exact) mass is 384 g/mol. The van der Waals surface area contributed by atoms with E-state index in [2.05, 4.69) is 10.3 Å². The molecule has 1 aromatic heterocycles. The molecule has 27 heavy (non-hydrogen) atoms. The van der Waals surface area contributed by atoms with Gasteiger partial charge in [0.2, 0.25) is 5.91 Å². The molecule has 0 aliphatic rings. The van der Waals surface area contributed by atoms with E-state index >= 15 is 0 Å². The first kappa shape index (κ1) is 18.8. The van der Waals surface area contributed by atoms with Crippen molar-refractivity contribution in [3.05, 3.63) is 66.2 Å². The first-order valence-electron chi connectivity index (χ1n) is 8.43. The van der Waals surface area contributed by atoms with E-state index in [1.165, 1.54) is 12.1 Å². The Hall–Kier alpha value is -2.93. The van der Waals surface area contributed by atoms with Gasteiger partial charge in [0.15, 0.2) is 21.5 Å². The quantitative estimate of drug-likeness (QED) is 0.701. The van der Waals surface area contributed by atoms with Gasteiger partial charge in [-0.05, 0) is 25.1 Å². The summed E-state index contributed by atoms with van der Waals surface area (Å²) in [6.07, 6.45) is 3.30. The van der Waals surface area contributed by atoms with Crippen LogP contribution in [0.3, 0.4) is 0 Å². The van der Waals surface area contributed by atoms with Crippen LogP contribution in [0.15, 0.2) is 64.0 Å². The Morgan fingerprint density at radius 1 is 1.15 bits per heavy atom. The van der Waals surface area contributed by atoms with Crippen LogP contribution in [0, 0.1) is 6.92 Å². The molecule has 6 nitrogen and oxygen atoms in total. The second kappa shape index (κ2) is 7.75. The van der Waals surface area contributed by atoms with Gasteiger partial charge in [-0.3, -0.25) is 4.79 Å². The van der Waals surface area contributed by atoms with Crippen molar-refractivity contribution in [3.63, 3.8) is 0 Å². The van der Waals surface area contributed by atoms with Crippen molar-refractivity contribution in [2.75, 3.05) is 11.6 Å². The summed E-state index contributed by atoms with van der Waals surface area (Å²) in [6, 6.07) is 14.1. The van der Waals surface area contributed by atoms with Gasteiger partial charge < -0.3 is 9.73 Å². The minimum absolute atomic E-state index is 0.163. The third-order valence-electron chi connectivity index (χ3n) is 4.00. The number of rotatable bonds is 6. The molecular formula is C20H20N2O4S. The third kappa shape index (κ3) is 5.04. The highest BCUT2D eigenvalue weighted by molar-refractivity contribution is 7.90. The number of hydrogen-bond donors (Lipinski definition) is 1. The van der Waals surface area contributed by atoms with Crippen molar-refractivity contribution in [1.82, 2.24) is 4.98 Å². The molecule has 3 aromatic rings. The summed E-state index contributed by atoms with van der Waals surface area (Å²) in [4.78, 5) is 16.5. The second-order valence-corrected chi connectivity index (χ2v) is 8.35. The Labute approximate surface area is 158 Å². The Bertz CT molecular complexity index is 1050. The highest BCUT2D eigenvalue weighted by atomic mass is 32.2. The fraction of sp³-hybridized carbons (Fsp3) is 0.200. The number of nitrogens with zero attached hydrogens (tertiary/aromatic N) is 1. The van der Waals surface area contributed by atoms with E-state index in [-0.39, 0.29) is 17.2 Å². The van der Waals surface area contributed by atoms with Crippen molar-refractivity contribution in [2.45, 2.75) is 24.7 Å². The number of benzene rings is 2. The molecule has 1 N–H and O–H groups in total. The predicted molar refractivity (Wildman–Crippen MR) is 103 cm³/mol. The predicted octanol–water partition coefficient (Wildman–Crippen LogP) is 3.62. The van der Waals surface area contributed by atoms with Gasteiger partial charge in [0.1, 0.15) is 0 Å².